The zero-order valence-corrected chi connectivity index (χ0v) is 11.5. The van der Waals surface area contributed by atoms with E-state index in [0.717, 1.165) is 5.56 Å². The minimum absolute atomic E-state index is 0.122. The molecule has 0 radical (unpaired) electrons. The SMILES string of the molecule is COc1cccc(CCN)c1OCC(=O)NCCC#N. The molecule has 0 bridgehead atoms. The first-order valence-corrected chi connectivity index (χ1v) is 6.35. The Kier molecular flexibility index (Phi) is 6.93. The molecule has 0 unspecified atom stereocenters. The number of nitriles is 1. The van der Waals surface area contributed by atoms with Crippen LogP contribution in [0.2, 0.25) is 0 Å². The highest BCUT2D eigenvalue weighted by Crippen LogP contribution is 2.31. The van der Waals surface area contributed by atoms with E-state index in [0.29, 0.717) is 31.0 Å². The van der Waals surface area contributed by atoms with Crippen molar-refractivity contribution in [3.8, 4) is 17.6 Å². The van der Waals surface area contributed by atoms with Crippen molar-refractivity contribution in [2.45, 2.75) is 12.8 Å². The summed E-state index contributed by atoms with van der Waals surface area (Å²) < 4.78 is 10.8. The maximum Gasteiger partial charge on any atom is 0.257 e. The quantitative estimate of drug-likeness (QED) is 0.678. The van der Waals surface area contributed by atoms with Crippen LogP contribution in [-0.4, -0.2) is 32.7 Å². The van der Waals surface area contributed by atoms with E-state index in [1.54, 1.807) is 13.2 Å². The van der Waals surface area contributed by atoms with E-state index in [1.807, 2.05) is 18.2 Å². The number of methoxy groups -OCH3 is 1. The first kappa shape index (κ1) is 15.8. The van der Waals surface area contributed by atoms with Crippen LogP contribution in [0.5, 0.6) is 11.5 Å². The van der Waals surface area contributed by atoms with Crippen molar-refractivity contribution in [3.63, 3.8) is 0 Å². The smallest absolute Gasteiger partial charge is 0.257 e. The predicted octanol–water partition coefficient (Wildman–Crippen LogP) is 0.605. The average molecular weight is 277 g/mol. The summed E-state index contributed by atoms with van der Waals surface area (Å²) in [7, 11) is 1.54. The van der Waals surface area contributed by atoms with Gasteiger partial charge in [-0.05, 0) is 24.6 Å². The Balaban J connectivity index is 2.66. The van der Waals surface area contributed by atoms with Gasteiger partial charge in [0.25, 0.3) is 5.91 Å². The van der Waals surface area contributed by atoms with Crippen LogP contribution in [0.1, 0.15) is 12.0 Å². The van der Waals surface area contributed by atoms with Crippen LogP contribution in [0.4, 0.5) is 0 Å². The van der Waals surface area contributed by atoms with Crippen LogP contribution in [0.3, 0.4) is 0 Å². The second kappa shape index (κ2) is 8.77. The number of carbonyl (C=O) groups is 1. The highest BCUT2D eigenvalue weighted by Gasteiger charge is 2.11. The molecule has 0 aliphatic carbocycles. The van der Waals surface area contributed by atoms with Gasteiger partial charge in [-0.3, -0.25) is 4.79 Å². The summed E-state index contributed by atoms with van der Waals surface area (Å²) in [6, 6.07) is 7.46. The van der Waals surface area contributed by atoms with E-state index in [-0.39, 0.29) is 18.9 Å². The predicted molar refractivity (Wildman–Crippen MR) is 74.5 cm³/mol. The van der Waals surface area contributed by atoms with Gasteiger partial charge in [0.2, 0.25) is 0 Å². The topological polar surface area (TPSA) is 97.4 Å². The fourth-order valence-corrected chi connectivity index (χ4v) is 1.68. The number of rotatable bonds is 8. The molecular weight excluding hydrogens is 258 g/mol. The van der Waals surface area contributed by atoms with Gasteiger partial charge in [-0.1, -0.05) is 12.1 Å². The molecule has 0 saturated carbocycles. The van der Waals surface area contributed by atoms with Crippen LogP contribution < -0.4 is 20.5 Å². The van der Waals surface area contributed by atoms with Gasteiger partial charge < -0.3 is 20.5 Å². The minimum Gasteiger partial charge on any atom is -0.493 e. The van der Waals surface area contributed by atoms with E-state index < -0.39 is 0 Å². The number of para-hydroxylation sites is 1. The van der Waals surface area contributed by atoms with Crippen molar-refractivity contribution in [2.24, 2.45) is 5.73 Å². The van der Waals surface area contributed by atoms with Gasteiger partial charge in [0.15, 0.2) is 18.1 Å². The van der Waals surface area contributed by atoms with Crippen LogP contribution in [0.15, 0.2) is 18.2 Å². The zero-order chi connectivity index (χ0) is 14.8. The summed E-state index contributed by atoms with van der Waals surface area (Å²) in [6.07, 6.45) is 0.918. The normalized spacial score (nSPS) is 9.65. The number of amides is 1. The first-order valence-electron chi connectivity index (χ1n) is 6.35. The van der Waals surface area contributed by atoms with Gasteiger partial charge in [-0.15, -0.1) is 0 Å². The van der Waals surface area contributed by atoms with Gasteiger partial charge in [0.05, 0.1) is 19.6 Å². The van der Waals surface area contributed by atoms with Crippen molar-refractivity contribution >= 4 is 5.91 Å². The lowest BCUT2D eigenvalue weighted by Gasteiger charge is -2.14. The van der Waals surface area contributed by atoms with Gasteiger partial charge >= 0.3 is 0 Å². The molecule has 108 valence electrons. The molecule has 6 heteroatoms. The number of nitrogens with one attached hydrogen (secondary N) is 1. The highest BCUT2D eigenvalue weighted by molar-refractivity contribution is 5.77. The largest absolute Gasteiger partial charge is 0.493 e. The fourth-order valence-electron chi connectivity index (χ4n) is 1.68. The lowest BCUT2D eigenvalue weighted by molar-refractivity contribution is -0.123. The Morgan fingerprint density at radius 1 is 1.50 bits per heavy atom. The fraction of sp³-hybridized carbons (Fsp3) is 0.429. The van der Waals surface area contributed by atoms with Gasteiger partial charge in [0.1, 0.15) is 0 Å². The lowest BCUT2D eigenvalue weighted by atomic mass is 10.1. The monoisotopic (exact) mass is 277 g/mol. The number of nitrogens with zero attached hydrogens (tertiary/aromatic N) is 1. The molecule has 1 aromatic carbocycles. The average Bonchev–Trinajstić information content (AvgIpc) is 2.46. The van der Waals surface area contributed by atoms with E-state index in [1.165, 1.54) is 0 Å². The molecule has 0 fully saturated rings. The zero-order valence-electron chi connectivity index (χ0n) is 11.5. The van der Waals surface area contributed by atoms with E-state index in [2.05, 4.69) is 5.32 Å². The molecule has 3 N–H and O–H groups in total. The molecule has 0 atom stereocenters. The summed E-state index contributed by atoms with van der Waals surface area (Å²) >= 11 is 0. The summed E-state index contributed by atoms with van der Waals surface area (Å²) in [5, 5.41) is 11.0. The van der Waals surface area contributed by atoms with Crippen molar-refractivity contribution < 1.29 is 14.3 Å². The van der Waals surface area contributed by atoms with E-state index >= 15 is 0 Å². The summed E-state index contributed by atoms with van der Waals surface area (Å²) in [5.41, 5.74) is 6.45. The number of carbonyl (C=O) groups excluding carboxylic acids is 1. The summed E-state index contributed by atoms with van der Waals surface area (Å²) in [6.45, 7) is 0.682. The molecule has 0 saturated heterocycles. The Hall–Kier alpha value is -2.26. The third-order valence-electron chi connectivity index (χ3n) is 2.60. The van der Waals surface area contributed by atoms with Crippen LogP contribution in [-0.2, 0) is 11.2 Å². The van der Waals surface area contributed by atoms with Crippen molar-refractivity contribution in [1.82, 2.24) is 5.32 Å². The number of nitrogens with two attached hydrogens (primary N) is 1. The molecule has 0 spiro atoms. The van der Waals surface area contributed by atoms with Crippen molar-refractivity contribution in [2.75, 3.05) is 26.8 Å². The van der Waals surface area contributed by atoms with Crippen molar-refractivity contribution in [3.05, 3.63) is 23.8 Å². The second-order valence-electron chi connectivity index (χ2n) is 4.03. The van der Waals surface area contributed by atoms with Gasteiger partial charge in [-0.25, -0.2) is 0 Å². The maximum atomic E-state index is 11.5. The molecular formula is C14H19N3O3. The van der Waals surface area contributed by atoms with Crippen LogP contribution in [0, 0.1) is 11.3 Å². The van der Waals surface area contributed by atoms with E-state index in [4.69, 9.17) is 20.5 Å². The number of benzene rings is 1. The Bertz CT molecular complexity index is 483. The maximum absolute atomic E-state index is 11.5. The third-order valence-corrected chi connectivity index (χ3v) is 2.60. The number of hydrogen-bond donors (Lipinski definition) is 2. The van der Waals surface area contributed by atoms with Crippen LogP contribution in [0.25, 0.3) is 0 Å². The third kappa shape index (κ3) is 4.78. The van der Waals surface area contributed by atoms with Gasteiger partial charge in [0, 0.05) is 6.54 Å². The number of hydrogen-bond acceptors (Lipinski definition) is 5. The molecule has 1 aromatic rings. The first-order chi connectivity index (χ1) is 9.72. The van der Waals surface area contributed by atoms with E-state index in [9.17, 15) is 4.79 Å². The Morgan fingerprint density at radius 3 is 2.95 bits per heavy atom. The molecule has 0 aliphatic heterocycles. The molecule has 0 aromatic heterocycles. The number of ether oxygens (including phenoxy) is 2. The molecule has 1 rings (SSSR count). The lowest BCUT2D eigenvalue weighted by Crippen LogP contribution is -2.29. The molecule has 6 nitrogen and oxygen atoms in total. The second-order valence-corrected chi connectivity index (χ2v) is 4.03. The van der Waals surface area contributed by atoms with Gasteiger partial charge in [-0.2, -0.15) is 5.26 Å². The highest BCUT2D eigenvalue weighted by atomic mass is 16.5. The molecule has 20 heavy (non-hydrogen) atoms. The summed E-state index contributed by atoms with van der Waals surface area (Å²) in [4.78, 5) is 11.5. The summed E-state index contributed by atoms with van der Waals surface area (Å²) in [5.74, 6) is 0.835. The van der Waals surface area contributed by atoms with Crippen LogP contribution >= 0.6 is 0 Å². The standard InChI is InChI=1S/C14H19N3O3/c1-19-12-5-2-4-11(6-8-16)14(12)20-10-13(18)17-9-3-7-15/h2,4-5H,3,6,8-10,16H2,1H3,(H,17,18). The van der Waals surface area contributed by atoms with Crippen molar-refractivity contribution in [1.29, 1.82) is 5.26 Å². The molecule has 0 heterocycles. The Labute approximate surface area is 118 Å². The molecule has 0 aliphatic rings. The Morgan fingerprint density at radius 2 is 2.30 bits per heavy atom. The minimum atomic E-state index is -0.273. The molecule has 1 amide bonds.